The number of aromatic nitrogens is 2. The van der Waals surface area contributed by atoms with E-state index in [1.54, 1.807) is 12.1 Å². The minimum absolute atomic E-state index is 0.0380. The van der Waals surface area contributed by atoms with Crippen molar-refractivity contribution in [3.8, 4) is 11.5 Å². The summed E-state index contributed by atoms with van der Waals surface area (Å²) in [5.41, 5.74) is 0.767. The summed E-state index contributed by atoms with van der Waals surface area (Å²) < 4.78 is 5.72. The van der Waals surface area contributed by atoms with Gasteiger partial charge in [-0.05, 0) is 46.0 Å². The number of hydrogen-bond donors (Lipinski definition) is 1. The van der Waals surface area contributed by atoms with Crippen molar-refractivity contribution < 1.29 is 9.21 Å². The number of carbonyl (C=O) groups is 1. The zero-order valence-electron chi connectivity index (χ0n) is 13.7. The molecule has 0 aliphatic rings. The SMILES string of the molecule is CC(C)NC(=O)CN(C)[C@@H](C)c1nnc(-c2cccc(Cl)c2)o1. The van der Waals surface area contributed by atoms with Crippen LogP contribution in [0.25, 0.3) is 11.5 Å². The highest BCUT2D eigenvalue weighted by molar-refractivity contribution is 6.30. The van der Waals surface area contributed by atoms with Gasteiger partial charge in [-0.15, -0.1) is 10.2 Å². The number of benzene rings is 1. The Morgan fingerprint density at radius 1 is 1.35 bits per heavy atom. The van der Waals surface area contributed by atoms with Crippen LogP contribution in [0, 0.1) is 0 Å². The van der Waals surface area contributed by atoms with Gasteiger partial charge in [0.1, 0.15) is 0 Å². The second-order valence-corrected chi connectivity index (χ2v) is 6.21. The summed E-state index contributed by atoms with van der Waals surface area (Å²) in [4.78, 5) is 13.7. The highest BCUT2D eigenvalue weighted by atomic mass is 35.5. The number of rotatable bonds is 6. The maximum atomic E-state index is 11.8. The van der Waals surface area contributed by atoms with Gasteiger partial charge in [-0.25, -0.2) is 0 Å². The van der Waals surface area contributed by atoms with Crippen molar-refractivity contribution in [2.45, 2.75) is 32.9 Å². The van der Waals surface area contributed by atoms with E-state index in [0.29, 0.717) is 16.8 Å². The van der Waals surface area contributed by atoms with E-state index in [-0.39, 0.29) is 24.5 Å². The molecule has 1 amide bonds. The minimum atomic E-state index is -0.173. The summed E-state index contributed by atoms with van der Waals surface area (Å²) in [6, 6.07) is 7.17. The molecule has 0 aliphatic heterocycles. The van der Waals surface area contributed by atoms with E-state index in [1.165, 1.54) is 0 Å². The molecule has 1 N–H and O–H groups in total. The maximum Gasteiger partial charge on any atom is 0.247 e. The van der Waals surface area contributed by atoms with Crippen molar-refractivity contribution in [1.82, 2.24) is 20.4 Å². The Morgan fingerprint density at radius 3 is 2.74 bits per heavy atom. The number of carbonyl (C=O) groups excluding carboxylic acids is 1. The third-order valence-corrected chi connectivity index (χ3v) is 3.61. The van der Waals surface area contributed by atoms with Gasteiger partial charge in [0.15, 0.2) is 0 Å². The second kappa shape index (κ2) is 7.57. The minimum Gasteiger partial charge on any atom is -0.419 e. The van der Waals surface area contributed by atoms with Crippen molar-refractivity contribution in [1.29, 1.82) is 0 Å². The van der Waals surface area contributed by atoms with Crippen molar-refractivity contribution in [2.24, 2.45) is 0 Å². The lowest BCUT2D eigenvalue weighted by Gasteiger charge is -2.21. The Labute approximate surface area is 140 Å². The van der Waals surface area contributed by atoms with Gasteiger partial charge >= 0.3 is 0 Å². The van der Waals surface area contributed by atoms with Crippen LogP contribution in [-0.4, -0.2) is 40.6 Å². The quantitative estimate of drug-likeness (QED) is 0.878. The molecule has 0 radical (unpaired) electrons. The van der Waals surface area contributed by atoms with Crippen LogP contribution in [0.15, 0.2) is 28.7 Å². The summed E-state index contributed by atoms with van der Waals surface area (Å²) in [6.45, 7) is 6.03. The molecule has 0 unspecified atom stereocenters. The van der Waals surface area contributed by atoms with Crippen LogP contribution in [0.1, 0.15) is 32.7 Å². The van der Waals surface area contributed by atoms with Crippen LogP contribution in [0.3, 0.4) is 0 Å². The van der Waals surface area contributed by atoms with Crippen molar-refractivity contribution in [3.05, 3.63) is 35.2 Å². The van der Waals surface area contributed by atoms with Crippen LogP contribution in [-0.2, 0) is 4.79 Å². The van der Waals surface area contributed by atoms with Gasteiger partial charge in [-0.2, -0.15) is 0 Å². The van der Waals surface area contributed by atoms with Gasteiger partial charge in [0.25, 0.3) is 0 Å². The molecule has 0 aliphatic carbocycles. The number of nitrogens with one attached hydrogen (secondary N) is 1. The third kappa shape index (κ3) is 4.77. The highest BCUT2D eigenvalue weighted by Crippen LogP contribution is 2.24. The number of amides is 1. The van der Waals surface area contributed by atoms with E-state index < -0.39 is 0 Å². The summed E-state index contributed by atoms with van der Waals surface area (Å²) in [7, 11) is 1.84. The van der Waals surface area contributed by atoms with E-state index >= 15 is 0 Å². The van der Waals surface area contributed by atoms with E-state index in [4.69, 9.17) is 16.0 Å². The predicted octanol–water partition coefficient (Wildman–Crippen LogP) is 2.91. The molecule has 1 aromatic carbocycles. The molecule has 124 valence electrons. The maximum absolute atomic E-state index is 11.8. The standard InChI is InChI=1S/C16H21ClN4O2/c1-10(2)18-14(22)9-21(4)11(3)15-19-20-16(23-15)12-6-5-7-13(17)8-12/h5-8,10-11H,9H2,1-4H3,(H,18,22)/t11-/m0/s1. The second-order valence-electron chi connectivity index (χ2n) is 5.77. The Bertz CT molecular complexity index is 672. The molecule has 2 aromatic rings. The fraction of sp³-hybridized carbons (Fsp3) is 0.438. The fourth-order valence-corrected chi connectivity index (χ4v) is 2.25. The lowest BCUT2D eigenvalue weighted by Crippen LogP contribution is -2.39. The Morgan fingerprint density at radius 2 is 2.09 bits per heavy atom. The summed E-state index contributed by atoms with van der Waals surface area (Å²) in [5, 5.41) is 11.6. The molecular formula is C16H21ClN4O2. The molecule has 2 rings (SSSR count). The molecule has 1 aromatic heterocycles. The van der Waals surface area contributed by atoms with Gasteiger partial charge in [0.2, 0.25) is 17.7 Å². The molecule has 7 heteroatoms. The Hall–Kier alpha value is -1.92. The molecule has 23 heavy (non-hydrogen) atoms. The largest absolute Gasteiger partial charge is 0.419 e. The monoisotopic (exact) mass is 336 g/mol. The first-order valence-electron chi connectivity index (χ1n) is 7.45. The normalized spacial score (nSPS) is 12.7. The fourth-order valence-electron chi connectivity index (χ4n) is 2.06. The Balaban J connectivity index is 2.06. The number of likely N-dealkylation sites (N-methyl/N-ethyl adjacent to an activating group) is 1. The van der Waals surface area contributed by atoms with Crippen LogP contribution < -0.4 is 5.32 Å². The van der Waals surface area contributed by atoms with E-state index in [1.807, 2.05) is 44.9 Å². The zero-order valence-corrected chi connectivity index (χ0v) is 14.5. The number of halogens is 1. The molecule has 0 fully saturated rings. The molecule has 1 atom stereocenters. The van der Waals surface area contributed by atoms with E-state index in [0.717, 1.165) is 5.56 Å². The van der Waals surface area contributed by atoms with E-state index in [9.17, 15) is 4.79 Å². The first-order chi connectivity index (χ1) is 10.9. The van der Waals surface area contributed by atoms with E-state index in [2.05, 4.69) is 15.5 Å². The van der Waals surface area contributed by atoms with Crippen LogP contribution >= 0.6 is 11.6 Å². The van der Waals surface area contributed by atoms with Gasteiger partial charge in [-0.1, -0.05) is 17.7 Å². The lowest BCUT2D eigenvalue weighted by atomic mass is 10.2. The highest BCUT2D eigenvalue weighted by Gasteiger charge is 2.21. The average Bonchev–Trinajstić information content (AvgIpc) is 2.95. The smallest absolute Gasteiger partial charge is 0.247 e. The third-order valence-electron chi connectivity index (χ3n) is 3.37. The summed E-state index contributed by atoms with van der Waals surface area (Å²) in [5.74, 6) is 0.832. The number of nitrogens with zero attached hydrogens (tertiary/aromatic N) is 3. The van der Waals surface area contributed by atoms with Gasteiger partial charge in [-0.3, -0.25) is 9.69 Å². The molecule has 1 heterocycles. The lowest BCUT2D eigenvalue weighted by molar-refractivity contribution is -0.122. The first kappa shape index (κ1) is 17.4. The summed E-state index contributed by atoms with van der Waals surface area (Å²) >= 11 is 5.97. The van der Waals surface area contributed by atoms with Crippen LogP contribution in [0.2, 0.25) is 5.02 Å². The predicted molar refractivity (Wildman–Crippen MR) is 89.1 cm³/mol. The van der Waals surface area contributed by atoms with Crippen molar-refractivity contribution >= 4 is 17.5 Å². The van der Waals surface area contributed by atoms with Crippen LogP contribution in [0.4, 0.5) is 0 Å². The average molecular weight is 337 g/mol. The van der Waals surface area contributed by atoms with Gasteiger partial charge in [0, 0.05) is 16.6 Å². The molecular weight excluding hydrogens is 316 g/mol. The molecule has 6 nitrogen and oxygen atoms in total. The van der Waals surface area contributed by atoms with Crippen molar-refractivity contribution in [2.75, 3.05) is 13.6 Å². The molecule has 0 spiro atoms. The van der Waals surface area contributed by atoms with Gasteiger partial charge in [0.05, 0.1) is 12.6 Å². The van der Waals surface area contributed by atoms with Crippen molar-refractivity contribution in [3.63, 3.8) is 0 Å². The zero-order chi connectivity index (χ0) is 17.0. The summed E-state index contributed by atoms with van der Waals surface area (Å²) in [6.07, 6.45) is 0. The molecule has 0 saturated carbocycles. The first-order valence-corrected chi connectivity index (χ1v) is 7.83. The molecule has 0 bridgehead atoms. The van der Waals surface area contributed by atoms with Gasteiger partial charge < -0.3 is 9.73 Å². The number of hydrogen-bond acceptors (Lipinski definition) is 5. The molecule has 0 saturated heterocycles. The topological polar surface area (TPSA) is 71.3 Å². The van der Waals surface area contributed by atoms with Crippen LogP contribution in [0.5, 0.6) is 0 Å². The Kier molecular flexibility index (Phi) is 5.74.